The van der Waals surface area contributed by atoms with Gasteiger partial charge in [-0.05, 0) is 37.0 Å². The molecule has 1 aliphatic rings. The van der Waals surface area contributed by atoms with E-state index in [0.717, 1.165) is 43.4 Å². The van der Waals surface area contributed by atoms with Gasteiger partial charge in [-0.15, -0.1) is 0 Å². The minimum absolute atomic E-state index is 0.0360. The molecular formula is C18H26N2O2. The van der Waals surface area contributed by atoms with Crippen LogP contribution in [-0.2, 0) is 15.0 Å². The fraction of sp³-hybridized carbons (Fsp3) is 0.556. The van der Waals surface area contributed by atoms with Crippen LogP contribution in [0.1, 0.15) is 57.4 Å². The van der Waals surface area contributed by atoms with Crippen LogP contribution in [-0.4, -0.2) is 18.9 Å². The third-order valence-electron chi connectivity index (χ3n) is 4.57. The number of rotatable bonds is 5. The predicted octanol–water partition coefficient (Wildman–Crippen LogP) is 3.37. The van der Waals surface area contributed by atoms with Gasteiger partial charge in [-0.1, -0.05) is 38.3 Å². The lowest BCUT2D eigenvalue weighted by Crippen LogP contribution is -2.44. The second kappa shape index (κ2) is 7.43. The van der Waals surface area contributed by atoms with E-state index in [-0.39, 0.29) is 11.8 Å². The van der Waals surface area contributed by atoms with Gasteiger partial charge in [0.1, 0.15) is 0 Å². The van der Waals surface area contributed by atoms with Crippen molar-refractivity contribution in [3.8, 4) is 0 Å². The molecular weight excluding hydrogens is 276 g/mol. The van der Waals surface area contributed by atoms with Crippen molar-refractivity contribution in [3.63, 3.8) is 0 Å². The fourth-order valence-electron chi connectivity index (χ4n) is 3.36. The van der Waals surface area contributed by atoms with Gasteiger partial charge in [-0.25, -0.2) is 0 Å². The third-order valence-corrected chi connectivity index (χ3v) is 4.57. The molecule has 120 valence electrons. The third kappa shape index (κ3) is 3.49. The van der Waals surface area contributed by atoms with Crippen LogP contribution in [0.2, 0.25) is 0 Å². The molecule has 0 heterocycles. The second-order valence-corrected chi connectivity index (χ2v) is 6.10. The molecule has 1 saturated carbocycles. The standard InChI is InChI=1S/C18H26N2O2/c1-3-7-16(21)20-15-10-8-14(9-11-15)18(17(22)19-2)12-5-4-6-13-18/h8-11H,3-7,12-13H2,1-2H3,(H,19,22)(H,20,21). The van der Waals surface area contributed by atoms with Gasteiger partial charge in [0.05, 0.1) is 5.41 Å². The monoisotopic (exact) mass is 302 g/mol. The Labute approximate surface area is 132 Å². The van der Waals surface area contributed by atoms with Crippen LogP contribution in [0, 0.1) is 0 Å². The molecule has 1 aromatic rings. The first-order chi connectivity index (χ1) is 10.6. The van der Waals surface area contributed by atoms with Crippen molar-refractivity contribution in [3.05, 3.63) is 29.8 Å². The Hall–Kier alpha value is -1.84. The molecule has 0 spiro atoms. The summed E-state index contributed by atoms with van der Waals surface area (Å²) in [4.78, 5) is 24.1. The van der Waals surface area contributed by atoms with Crippen LogP contribution in [0.15, 0.2) is 24.3 Å². The predicted molar refractivity (Wildman–Crippen MR) is 88.8 cm³/mol. The van der Waals surface area contributed by atoms with Crippen LogP contribution in [0.5, 0.6) is 0 Å². The molecule has 4 nitrogen and oxygen atoms in total. The lowest BCUT2D eigenvalue weighted by Gasteiger charge is -2.36. The number of anilines is 1. The molecule has 0 unspecified atom stereocenters. The van der Waals surface area contributed by atoms with Gasteiger partial charge in [0.15, 0.2) is 0 Å². The zero-order valence-corrected chi connectivity index (χ0v) is 13.6. The summed E-state index contributed by atoms with van der Waals surface area (Å²) in [6.45, 7) is 1.98. The lowest BCUT2D eigenvalue weighted by molar-refractivity contribution is -0.127. The maximum absolute atomic E-state index is 12.5. The van der Waals surface area contributed by atoms with E-state index in [1.165, 1.54) is 6.42 Å². The van der Waals surface area contributed by atoms with Gasteiger partial charge >= 0.3 is 0 Å². The van der Waals surface area contributed by atoms with Crippen LogP contribution in [0.3, 0.4) is 0 Å². The largest absolute Gasteiger partial charge is 0.358 e. The maximum atomic E-state index is 12.5. The molecule has 0 aromatic heterocycles. The molecule has 0 saturated heterocycles. The molecule has 22 heavy (non-hydrogen) atoms. The Bertz CT molecular complexity index is 516. The topological polar surface area (TPSA) is 58.2 Å². The summed E-state index contributed by atoms with van der Waals surface area (Å²) in [7, 11) is 1.71. The molecule has 0 atom stereocenters. The molecule has 0 bridgehead atoms. The highest BCUT2D eigenvalue weighted by atomic mass is 16.2. The fourth-order valence-corrected chi connectivity index (χ4v) is 3.36. The van der Waals surface area contributed by atoms with E-state index in [2.05, 4.69) is 10.6 Å². The number of nitrogens with one attached hydrogen (secondary N) is 2. The first-order valence-electron chi connectivity index (χ1n) is 8.25. The highest BCUT2D eigenvalue weighted by Crippen LogP contribution is 2.40. The molecule has 2 N–H and O–H groups in total. The van der Waals surface area contributed by atoms with Gasteiger partial charge in [-0.3, -0.25) is 9.59 Å². The highest BCUT2D eigenvalue weighted by molar-refractivity contribution is 5.91. The van der Waals surface area contributed by atoms with Crippen molar-refractivity contribution in [2.45, 2.75) is 57.3 Å². The molecule has 2 amide bonds. The number of carbonyl (C=O) groups is 2. The van der Waals surface area contributed by atoms with E-state index in [9.17, 15) is 9.59 Å². The average Bonchev–Trinajstić information content (AvgIpc) is 2.55. The quantitative estimate of drug-likeness (QED) is 0.876. The van der Waals surface area contributed by atoms with Crippen LogP contribution >= 0.6 is 0 Å². The second-order valence-electron chi connectivity index (χ2n) is 6.10. The molecule has 1 aliphatic carbocycles. The minimum Gasteiger partial charge on any atom is -0.358 e. The van der Waals surface area contributed by atoms with Crippen molar-refractivity contribution < 1.29 is 9.59 Å². The number of likely N-dealkylation sites (N-methyl/N-ethyl adjacent to an activating group) is 1. The van der Waals surface area contributed by atoms with E-state index < -0.39 is 5.41 Å². The Morgan fingerprint density at radius 1 is 1.09 bits per heavy atom. The van der Waals surface area contributed by atoms with Crippen LogP contribution < -0.4 is 10.6 Å². The maximum Gasteiger partial charge on any atom is 0.230 e. The number of hydrogen-bond acceptors (Lipinski definition) is 2. The first kappa shape index (κ1) is 16.5. The zero-order chi connectivity index (χ0) is 16.0. The number of hydrogen-bond donors (Lipinski definition) is 2. The lowest BCUT2D eigenvalue weighted by atomic mass is 9.68. The van der Waals surface area contributed by atoms with E-state index >= 15 is 0 Å². The summed E-state index contributed by atoms with van der Waals surface area (Å²) in [5, 5.41) is 5.72. The summed E-state index contributed by atoms with van der Waals surface area (Å²) < 4.78 is 0. The van der Waals surface area contributed by atoms with Gasteiger partial charge in [0, 0.05) is 19.2 Å². The van der Waals surface area contributed by atoms with Crippen molar-refractivity contribution in [2.75, 3.05) is 12.4 Å². The van der Waals surface area contributed by atoms with Crippen molar-refractivity contribution in [1.82, 2.24) is 5.32 Å². The summed E-state index contributed by atoms with van der Waals surface area (Å²) in [6.07, 6.45) is 6.53. The summed E-state index contributed by atoms with van der Waals surface area (Å²) >= 11 is 0. The number of amides is 2. The molecule has 0 radical (unpaired) electrons. The van der Waals surface area contributed by atoms with Crippen LogP contribution in [0.4, 0.5) is 5.69 Å². The van der Waals surface area contributed by atoms with E-state index in [1.54, 1.807) is 7.05 Å². The Kier molecular flexibility index (Phi) is 5.58. The van der Waals surface area contributed by atoms with Gasteiger partial charge in [-0.2, -0.15) is 0 Å². The highest BCUT2D eigenvalue weighted by Gasteiger charge is 2.40. The molecule has 0 aliphatic heterocycles. The Morgan fingerprint density at radius 2 is 1.73 bits per heavy atom. The van der Waals surface area contributed by atoms with Gasteiger partial charge in [0.2, 0.25) is 11.8 Å². The van der Waals surface area contributed by atoms with Crippen LogP contribution in [0.25, 0.3) is 0 Å². The molecule has 1 aromatic carbocycles. The van der Waals surface area contributed by atoms with E-state index in [0.29, 0.717) is 6.42 Å². The number of carbonyl (C=O) groups excluding carboxylic acids is 2. The average molecular weight is 302 g/mol. The van der Waals surface area contributed by atoms with Gasteiger partial charge in [0.25, 0.3) is 0 Å². The summed E-state index contributed by atoms with van der Waals surface area (Å²) in [6, 6.07) is 7.79. The molecule has 4 heteroatoms. The Balaban J connectivity index is 2.19. The zero-order valence-electron chi connectivity index (χ0n) is 13.6. The summed E-state index contributed by atoms with van der Waals surface area (Å²) in [5.41, 5.74) is 1.45. The SMILES string of the molecule is CCCC(=O)Nc1ccc(C2(C(=O)NC)CCCCC2)cc1. The molecule has 2 rings (SSSR count). The number of benzene rings is 1. The smallest absolute Gasteiger partial charge is 0.230 e. The van der Waals surface area contributed by atoms with Crippen molar-refractivity contribution in [2.24, 2.45) is 0 Å². The Morgan fingerprint density at radius 3 is 2.27 bits per heavy atom. The van der Waals surface area contributed by atoms with E-state index in [1.807, 2.05) is 31.2 Å². The normalized spacial score (nSPS) is 16.8. The summed E-state index contributed by atoms with van der Waals surface area (Å²) in [5.74, 6) is 0.142. The minimum atomic E-state index is -0.404. The van der Waals surface area contributed by atoms with E-state index in [4.69, 9.17) is 0 Å². The van der Waals surface area contributed by atoms with Crippen molar-refractivity contribution in [1.29, 1.82) is 0 Å². The van der Waals surface area contributed by atoms with Gasteiger partial charge < -0.3 is 10.6 Å². The van der Waals surface area contributed by atoms with Crippen molar-refractivity contribution >= 4 is 17.5 Å². The molecule has 1 fully saturated rings. The first-order valence-corrected chi connectivity index (χ1v) is 8.25.